The van der Waals surface area contributed by atoms with Crippen molar-refractivity contribution in [1.82, 2.24) is 5.43 Å². The molecule has 0 spiro atoms. The van der Waals surface area contributed by atoms with Crippen LogP contribution in [0.2, 0.25) is 0 Å². The fourth-order valence-electron chi connectivity index (χ4n) is 2.69. The number of carbonyl (C=O) groups excluding carboxylic acids is 2. The largest absolute Gasteiger partial charge is 0.396 e. The van der Waals surface area contributed by atoms with Gasteiger partial charge in [-0.1, -0.05) is 24.3 Å². The lowest BCUT2D eigenvalue weighted by molar-refractivity contribution is 0.0956. The van der Waals surface area contributed by atoms with Gasteiger partial charge >= 0.3 is 0 Å². The first-order valence-electron chi connectivity index (χ1n) is 9.82. The molecule has 0 aliphatic carbocycles. The van der Waals surface area contributed by atoms with Crippen LogP contribution < -0.4 is 10.7 Å². The van der Waals surface area contributed by atoms with Crippen molar-refractivity contribution in [2.24, 2.45) is 5.10 Å². The van der Waals surface area contributed by atoms with Crippen LogP contribution in [0.25, 0.3) is 0 Å². The number of hydrazone groups is 1. The molecule has 0 radical (unpaired) electrons. The molecule has 0 aliphatic heterocycles. The second kappa shape index (κ2) is 12.1. The van der Waals surface area contributed by atoms with E-state index in [0.717, 1.165) is 23.5 Å². The van der Waals surface area contributed by atoms with Gasteiger partial charge < -0.3 is 10.4 Å². The Morgan fingerprint density at radius 1 is 1.12 bits per heavy atom. The number of hydrogen-bond acceptors (Lipinski definition) is 6. The molecule has 1 heterocycles. The van der Waals surface area contributed by atoms with E-state index in [1.807, 2.05) is 18.2 Å². The molecule has 0 saturated carbocycles. The molecule has 0 bridgehead atoms. The van der Waals surface area contributed by atoms with Gasteiger partial charge in [-0.3, -0.25) is 9.59 Å². The molecule has 3 N–H and O–H groups in total. The Morgan fingerprint density at radius 3 is 2.72 bits per heavy atom. The number of aliphatic hydroxyl groups excluding tert-OH is 1. The minimum atomic E-state index is -0.464. The third-order valence-electron chi connectivity index (χ3n) is 4.29. The van der Waals surface area contributed by atoms with Crippen molar-refractivity contribution in [3.63, 3.8) is 0 Å². The molecule has 9 heteroatoms. The number of rotatable bonds is 10. The molecule has 6 nitrogen and oxygen atoms in total. The zero-order valence-electron chi connectivity index (χ0n) is 17.1. The van der Waals surface area contributed by atoms with Gasteiger partial charge in [0.2, 0.25) is 0 Å². The zero-order chi connectivity index (χ0) is 22.8. The van der Waals surface area contributed by atoms with Crippen LogP contribution in [0.4, 0.5) is 9.39 Å². The highest BCUT2D eigenvalue weighted by Crippen LogP contribution is 2.24. The molecule has 2 amide bonds. The van der Waals surface area contributed by atoms with Crippen LogP contribution in [0.1, 0.15) is 38.3 Å². The number of thioether (sulfide) groups is 1. The molecule has 166 valence electrons. The van der Waals surface area contributed by atoms with Crippen LogP contribution in [0.3, 0.4) is 0 Å². The van der Waals surface area contributed by atoms with E-state index in [-0.39, 0.29) is 18.3 Å². The van der Waals surface area contributed by atoms with Gasteiger partial charge in [-0.25, -0.2) is 9.82 Å². The van der Waals surface area contributed by atoms with E-state index in [1.54, 1.807) is 41.4 Å². The van der Waals surface area contributed by atoms with Gasteiger partial charge in [0.1, 0.15) is 10.8 Å². The first kappa shape index (κ1) is 23.6. The highest BCUT2D eigenvalue weighted by Gasteiger charge is 2.16. The summed E-state index contributed by atoms with van der Waals surface area (Å²) in [5.41, 5.74) is 4.87. The fourth-order valence-corrected chi connectivity index (χ4v) is 4.37. The highest BCUT2D eigenvalue weighted by molar-refractivity contribution is 7.98. The summed E-state index contributed by atoms with van der Waals surface area (Å²) in [5.74, 6) is 0.479. The molecule has 0 atom stereocenters. The lowest BCUT2D eigenvalue weighted by atomic mass is 10.1. The summed E-state index contributed by atoms with van der Waals surface area (Å²) < 4.78 is 12.9. The molecule has 0 aliphatic rings. The van der Waals surface area contributed by atoms with Crippen LogP contribution in [0.15, 0.2) is 65.1 Å². The van der Waals surface area contributed by atoms with Crippen molar-refractivity contribution >= 4 is 46.1 Å². The van der Waals surface area contributed by atoms with E-state index >= 15 is 0 Å². The van der Waals surface area contributed by atoms with Crippen molar-refractivity contribution in [1.29, 1.82) is 0 Å². The summed E-state index contributed by atoms with van der Waals surface area (Å²) >= 11 is 2.94. The van der Waals surface area contributed by atoms with Gasteiger partial charge in [0, 0.05) is 17.9 Å². The summed E-state index contributed by atoms with van der Waals surface area (Å²) in [6.45, 7) is 0.170. The summed E-state index contributed by atoms with van der Waals surface area (Å²) in [7, 11) is 0. The molecular weight excluding hydrogens is 449 g/mol. The normalized spacial score (nSPS) is 10.9. The molecule has 3 rings (SSSR count). The third-order valence-corrected chi connectivity index (χ3v) is 6.24. The summed E-state index contributed by atoms with van der Waals surface area (Å²) in [6.07, 6.45) is 2.15. The number of nitrogens with one attached hydrogen (secondary N) is 2. The number of amides is 2. The average Bonchev–Trinajstić information content (AvgIpc) is 3.26. The summed E-state index contributed by atoms with van der Waals surface area (Å²) in [6, 6.07) is 14.6. The van der Waals surface area contributed by atoms with Gasteiger partial charge in [0.15, 0.2) is 0 Å². The Balaban J connectivity index is 1.59. The number of aliphatic hydroxyl groups is 1. The van der Waals surface area contributed by atoms with E-state index in [4.69, 9.17) is 5.11 Å². The summed E-state index contributed by atoms with van der Waals surface area (Å²) in [4.78, 5) is 25.2. The molecule has 0 fully saturated rings. The molecule has 0 saturated heterocycles. The Morgan fingerprint density at radius 2 is 1.94 bits per heavy atom. The van der Waals surface area contributed by atoms with Crippen LogP contribution >= 0.6 is 23.1 Å². The molecule has 2 aromatic carbocycles. The van der Waals surface area contributed by atoms with Crippen LogP contribution in [0, 0.1) is 5.82 Å². The number of anilines is 1. The predicted molar refractivity (Wildman–Crippen MR) is 128 cm³/mol. The van der Waals surface area contributed by atoms with E-state index in [0.29, 0.717) is 21.7 Å². The lowest BCUT2D eigenvalue weighted by Crippen LogP contribution is -2.20. The van der Waals surface area contributed by atoms with Crippen molar-refractivity contribution in [2.75, 3.05) is 17.7 Å². The smallest absolute Gasteiger partial charge is 0.274 e. The van der Waals surface area contributed by atoms with Crippen molar-refractivity contribution < 1.29 is 19.1 Å². The number of carbonyl (C=O) groups is 2. The molecule has 32 heavy (non-hydrogen) atoms. The van der Waals surface area contributed by atoms with E-state index in [1.165, 1.54) is 29.7 Å². The minimum Gasteiger partial charge on any atom is -0.396 e. The van der Waals surface area contributed by atoms with Crippen LogP contribution in [-0.4, -0.2) is 35.5 Å². The number of benzene rings is 2. The standard InChI is InChI=1S/C23H22FN3O3S2/c24-19-7-5-16(6-8-19)14-25-27-22(30)20-9-12-32-23(20)26-21(29)18-4-1-3-17(13-18)15-31-11-2-10-28/h1,3-9,12-14,28H,2,10-11,15H2,(H,26,29)(H,27,30). The summed E-state index contributed by atoms with van der Waals surface area (Å²) in [5, 5.41) is 17.7. The second-order valence-corrected chi connectivity index (χ2v) is 8.72. The van der Waals surface area contributed by atoms with Crippen molar-refractivity contribution in [3.8, 4) is 0 Å². The quantitative estimate of drug-likeness (QED) is 0.230. The second-order valence-electron chi connectivity index (χ2n) is 6.70. The fraction of sp³-hybridized carbons (Fsp3) is 0.174. The van der Waals surface area contributed by atoms with E-state index in [9.17, 15) is 14.0 Å². The predicted octanol–water partition coefficient (Wildman–Crippen LogP) is 4.52. The van der Waals surface area contributed by atoms with Crippen molar-refractivity contribution in [2.45, 2.75) is 12.2 Å². The van der Waals surface area contributed by atoms with Gasteiger partial charge in [-0.2, -0.15) is 16.9 Å². The van der Waals surface area contributed by atoms with Gasteiger partial charge in [0.25, 0.3) is 11.8 Å². The maximum Gasteiger partial charge on any atom is 0.274 e. The minimum absolute atomic E-state index is 0.170. The molecular formula is C23H22FN3O3S2. The Hall–Kier alpha value is -3.01. The average molecular weight is 472 g/mol. The van der Waals surface area contributed by atoms with Gasteiger partial charge in [0.05, 0.1) is 11.8 Å². The number of hydrogen-bond donors (Lipinski definition) is 3. The van der Waals surface area contributed by atoms with Crippen molar-refractivity contribution in [3.05, 3.63) is 88.0 Å². The molecule has 1 aromatic heterocycles. The van der Waals surface area contributed by atoms with E-state index < -0.39 is 5.91 Å². The van der Waals surface area contributed by atoms with Gasteiger partial charge in [-0.15, -0.1) is 11.3 Å². The first-order chi connectivity index (χ1) is 15.6. The van der Waals surface area contributed by atoms with Crippen LogP contribution in [-0.2, 0) is 5.75 Å². The topological polar surface area (TPSA) is 90.8 Å². The number of halogens is 1. The Kier molecular flexibility index (Phi) is 8.97. The Labute approximate surface area is 193 Å². The zero-order valence-corrected chi connectivity index (χ0v) is 18.7. The van der Waals surface area contributed by atoms with Gasteiger partial charge in [-0.05, 0) is 59.0 Å². The highest BCUT2D eigenvalue weighted by atomic mass is 32.2. The van der Waals surface area contributed by atoms with E-state index in [2.05, 4.69) is 15.8 Å². The molecule has 0 unspecified atom stereocenters. The lowest BCUT2D eigenvalue weighted by Gasteiger charge is -2.07. The molecule has 3 aromatic rings. The third kappa shape index (κ3) is 7.01. The first-order valence-corrected chi connectivity index (χ1v) is 11.9. The Bertz CT molecular complexity index is 1080. The maximum absolute atomic E-state index is 12.9. The monoisotopic (exact) mass is 471 g/mol. The van der Waals surface area contributed by atoms with Crippen LogP contribution in [0.5, 0.6) is 0 Å². The SMILES string of the molecule is O=C(Nc1sccc1C(=O)NN=Cc1ccc(F)cc1)c1cccc(CSCCCO)c1. The maximum atomic E-state index is 12.9. The number of nitrogens with zero attached hydrogens (tertiary/aromatic N) is 1. The number of thiophene rings is 1.